The second-order valence-corrected chi connectivity index (χ2v) is 6.28. The van der Waals surface area contributed by atoms with Crippen molar-refractivity contribution in [1.82, 2.24) is 4.90 Å². The Balaban J connectivity index is 2.59. The molecule has 0 radical (unpaired) electrons. The van der Waals surface area contributed by atoms with Gasteiger partial charge < -0.3 is 9.80 Å². The zero-order valence-electron chi connectivity index (χ0n) is 12.8. The van der Waals surface area contributed by atoms with Crippen LogP contribution in [-0.4, -0.2) is 37.6 Å². The summed E-state index contributed by atoms with van der Waals surface area (Å²) < 4.78 is 1.19. The fraction of sp³-hybridized carbons (Fsp3) is 0.625. The minimum absolute atomic E-state index is 0.891. The van der Waals surface area contributed by atoms with Crippen molar-refractivity contribution < 1.29 is 0 Å². The number of halogens is 2. The van der Waals surface area contributed by atoms with Crippen LogP contribution in [0.2, 0.25) is 0 Å². The van der Waals surface area contributed by atoms with Crippen LogP contribution in [0.4, 0.5) is 5.69 Å². The van der Waals surface area contributed by atoms with Gasteiger partial charge in [0.2, 0.25) is 0 Å². The third-order valence-electron chi connectivity index (χ3n) is 3.72. The van der Waals surface area contributed by atoms with Gasteiger partial charge in [0, 0.05) is 28.6 Å². The molecule has 0 saturated heterocycles. The highest BCUT2D eigenvalue weighted by atomic mass is 79.9. The fourth-order valence-electron chi connectivity index (χ4n) is 2.34. The highest BCUT2D eigenvalue weighted by Crippen LogP contribution is 2.25. The summed E-state index contributed by atoms with van der Waals surface area (Å²) in [7, 11) is 0. The number of hydrogen-bond donors (Lipinski definition) is 0. The first kappa shape index (κ1) is 18.0. The second-order valence-electron chi connectivity index (χ2n) is 4.87. The number of benzene rings is 1. The Morgan fingerprint density at radius 2 is 1.70 bits per heavy atom. The van der Waals surface area contributed by atoms with Gasteiger partial charge in [-0.15, -0.1) is 0 Å². The van der Waals surface area contributed by atoms with Crippen LogP contribution >= 0.6 is 31.9 Å². The van der Waals surface area contributed by atoms with Crippen LogP contribution in [0, 0.1) is 0 Å². The molecule has 0 aliphatic carbocycles. The first-order valence-electron chi connectivity index (χ1n) is 7.47. The molecule has 0 saturated carbocycles. The minimum atomic E-state index is 0.891. The molecule has 0 amide bonds. The molecule has 4 heteroatoms. The van der Waals surface area contributed by atoms with Gasteiger partial charge in [-0.1, -0.05) is 51.8 Å². The molecule has 0 fully saturated rings. The Labute approximate surface area is 140 Å². The number of anilines is 1. The van der Waals surface area contributed by atoms with Crippen molar-refractivity contribution >= 4 is 37.5 Å². The number of hydrogen-bond acceptors (Lipinski definition) is 2. The van der Waals surface area contributed by atoms with E-state index in [-0.39, 0.29) is 0 Å². The van der Waals surface area contributed by atoms with Crippen molar-refractivity contribution in [2.45, 2.75) is 32.5 Å². The summed E-state index contributed by atoms with van der Waals surface area (Å²) in [4.78, 5) is 4.93. The summed E-state index contributed by atoms with van der Waals surface area (Å²) in [6, 6.07) is 6.65. The van der Waals surface area contributed by atoms with E-state index >= 15 is 0 Å². The Kier molecular flexibility index (Phi) is 8.82. The summed E-state index contributed by atoms with van der Waals surface area (Å²) in [5.74, 6) is 0. The third-order valence-corrected chi connectivity index (χ3v) is 5.07. The summed E-state index contributed by atoms with van der Waals surface area (Å²) in [6.07, 6.45) is 1.22. The van der Waals surface area contributed by atoms with Crippen LogP contribution in [0.3, 0.4) is 0 Å². The van der Waals surface area contributed by atoms with E-state index in [0.29, 0.717) is 0 Å². The predicted octanol–water partition coefficient (Wildman–Crippen LogP) is 4.90. The van der Waals surface area contributed by atoms with Crippen LogP contribution < -0.4 is 4.90 Å². The van der Waals surface area contributed by atoms with Gasteiger partial charge in [0.1, 0.15) is 0 Å². The normalized spacial score (nSPS) is 11.1. The van der Waals surface area contributed by atoms with Crippen molar-refractivity contribution in [2.75, 3.05) is 37.6 Å². The van der Waals surface area contributed by atoms with Gasteiger partial charge in [-0.3, -0.25) is 0 Å². The van der Waals surface area contributed by atoms with Crippen molar-refractivity contribution in [3.63, 3.8) is 0 Å². The van der Waals surface area contributed by atoms with E-state index in [1.807, 2.05) is 0 Å². The number of rotatable bonds is 9. The van der Waals surface area contributed by atoms with E-state index in [1.54, 1.807) is 0 Å². The van der Waals surface area contributed by atoms with Gasteiger partial charge in [0.05, 0.1) is 0 Å². The first-order chi connectivity index (χ1) is 9.65. The van der Waals surface area contributed by atoms with Crippen LogP contribution in [0.15, 0.2) is 22.7 Å². The molecule has 1 rings (SSSR count). The fourth-order valence-corrected chi connectivity index (χ4v) is 3.71. The average Bonchev–Trinajstić information content (AvgIpc) is 2.47. The highest BCUT2D eigenvalue weighted by molar-refractivity contribution is 9.10. The zero-order valence-corrected chi connectivity index (χ0v) is 16.0. The van der Waals surface area contributed by atoms with Gasteiger partial charge in [0.15, 0.2) is 0 Å². The molecule has 20 heavy (non-hydrogen) atoms. The van der Waals surface area contributed by atoms with Crippen molar-refractivity contribution in [3.05, 3.63) is 28.2 Å². The minimum Gasteiger partial charge on any atom is -0.372 e. The molecule has 2 nitrogen and oxygen atoms in total. The van der Waals surface area contributed by atoms with Crippen molar-refractivity contribution in [2.24, 2.45) is 0 Å². The van der Waals surface area contributed by atoms with E-state index in [0.717, 1.165) is 31.5 Å². The summed E-state index contributed by atoms with van der Waals surface area (Å²) in [5, 5.41) is 0.891. The van der Waals surface area contributed by atoms with Gasteiger partial charge in [0.25, 0.3) is 0 Å². The molecular formula is C16H26Br2N2. The van der Waals surface area contributed by atoms with E-state index in [1.165, 1.54) is 28.7 Å². The molecule has 1 aromatic rings. The first-order valence-corrected chi connectivity index (χ1v) is 9.39. The lowest BCUT2D eigenvalue weighted by molar-refractivity contribution is 0.301. The number of alkyl halides is 1. The molecule has 0 heterocycles. The van der Waals surface area contributed by atoms with Crippen molar-refractivity contribution in [1.29, 1.82) is 0 Å². The number of nitrogens with zero attached hydrogens (tertiary/aromatic N) is 2. The van der Waals surface area contributed by atoms with Crippen LogP contribution in [0.1, 0.15) is 32.8 Å². The van der Waals surface area contributed by atoms with Crippen LogP contribution in [0.25, 0.3) is 0 Å². The summed E-state index contributed by atoms with van der Waals surface area (Å²) >= 11 is 7.17. The van der Waals surface area contributed by atoms with Crippen molar-refractivity contribution in [3.8, 4) is 0 Å². The molecule has 1 aromatic carbocycles. The summed E-state index contributed by atoms with van der Waals surface area (Å²) in [6.45, 7) is 12.3. The molecule has 0 bridgehead atoms. The zero-order chi connectivity index (χ0) is 15.0. The smallest absolute Gasteiger partial charge is 0.0377 e. The molecule has 0 N–H and O–H groups in total. The van der Waals surface area contributed by atoms with Gasteiger partial charge in [-0.2, -0.15) is 0 Å². The lowest BCUT2D eigenvalue weighted by Gasteiger charge is -2.25. The Bertz CT molecular complexity index is 392. The average molecular weight is 406 g/mol. The van der Waals surface area contributed by atoms with Crippen LogP contribution in [-0.2, 0) is 5.33 Å². The largest absolute Gasteiger partial charge is 0.372 e. The molecule has 0 atom stereocenters. The maximum Gasteiger partial charge on any atom is 0.0377 e. The second kappa shape index (κ2) is 9.80. The van der Waals surface area contributed by atoms with E-state index < -0.39 is 0 Å². The molecular weight excluding hydrogens is 380 g/mol. The Hall–Kier alpha value is -0.0600. The quantitative estimate of drug-likeness (QED) is 0.539. The molecule has 0 aliphatic heterocycles. The molecule has 114 valence electrons. The molecule has 0 spiro atoms. The third kappa shape index (κ3) is 5.38. The van der Waals surface area contributed by atoms with E-state index in [4.69, 9.17) is 0 Å². The summed E-state index contributed by atoms with van der Waals surface area (Å²) in [5.41, 5.74) is 2.61. The maximum atomic E-state index is 3.65. The van der Waals surface area contributed by atoms with Crippen LogP contribution in [0.5, 0.6) is 0 Å². The monoisotopic (exact) mass is 404 g/mol. The Morgan fingerprint density at radius 3 is 2.20 bits per heavy atom. The molecule has 0 aromatic heterocycles. The molecule has 0 unspecified atom stereocenters. The van der Waals surface area contributed by atoms with Gasteiger partial charge in [-0.05, 0) is 50.7 Å². The van der Waals surface area contributed by atoms with E-state index in [2.05, 4.69) is 80.6 Å². The van der Waals surface area contributed by atoms with Gasteiger partial charge in [-0.25, -0.2) is 0 Å². The van der Waals surface area contributed by atoms with Gasteiger partial charge >= 0.3 is 0 Å². The Morgan fingerprint density at radius 1 is 1.00 bits per heavy atom. The predicted molar refractivity (Wildman–Crippen MR) is 97.1 cm³/mol. The SMILES string of the molecule is CCN(CC)CCCN(CC)c1ccc(CBr)c(Br)c1. The highest BCUT2D eigenvalue weighted by Gasteiger charge is 2.08. The molecule has 0 aliphatic rings. The topological polar surface area (TPSA) is 6.48 Å². The standard InChI is InChI=1S/C16H26Br2N2/c1-4-19(5-2)10-7-11-20(6-3)15-9-8-14(13-17)16(18)12-15/h8-9,12H,4-7,10-11,13H2,1-3H3. The lowest BCUT2D eigenvalue weighted by Crippen LogP contribution is -2.30. The lowest BCUT2D eigenvalue weighted by atomic mass is 10.2. The maximum absolute atomic E-state index is 3.65. The van der Waals surface area contributed by atoms with E-state index in [9.17, 15) is 0 Å².